The Hall–Kier alpha value is -0.200. The third-order valence-electron chi connectivity index (χ3n) is 3.05. The van der Waals surface area contributed by atoms with Crippen molar-refractivity contribution in [1.82, 2.24) is 0 Å². The first-order valence-corrected chi connectivity index (χ1v) is 5.78. The van der Waals surface area contributed by atoms with Gasteiger partial charge in [0.05, 0.1) is 12.7 Å². The summed E-state index contributed by atoms with van der Waals surface area (Å²) in [5, 5.41) is 28.7. The molecule has 96 valence electrons. The predicted molar refractivity (Wildman–Crippen MR) is 57.8 cm³/mol. The van der Waals surface area contributed by atoms with E-state index in [1.54, 1.807) is 6.92 Å². The molecule has 0 aliphatic carbocycles. The molecule has 0 bridgehead atoms. The highest BCUT2D eigenvalue weighted by Crippen LogP contribution is 2.22. The van der Waals surface area contributed by atoms with Crippen molar-refractivity contribution in [1.29, 1.82) is 0 Å². The maximum atomic E-state index is 9.65. The monoisotopic (exact) mass is 234 g/mol. The quantitative estimate of drug-likeness (QED) is 0.632. The van der Waals surface area contributed by atoms with E-state index >= 15 is 0 Å². The molecule has 0 amide bonds. The number of hydrogen-bond acceptors (Lipinski definition) is 5. The molecule has 0 radical (unpaired) electrons. The van der Waals surface area contributed by atoms with Crippen molar-refractivity contribution >= 4 is 0 Å². The minimum absolute atomic E-state index is 0.370. The normalized spacial score (nSPS) is 42.0. The van der Waals surface area contributed by atoms with Gasteiger partial charge in [-0.25, -0.2) is 0 Å². The Morgan fingerprint density at radius 2 is 1.81 bits per heavy atom. The molecule has 6 unspecified atom stereocenters. The van der Waals surface area contributed by atoms with Crippen molar-refractivity contribution < 1.29 is 24.8 Å². The zero-order valence-corrected chi connectivity index (χ0v) is 10.0. The highest BCUT2D eigenvalue weighted by molar-refractivity contribution is 4.87. The van der Waals surface area contributed by atoms with Crippen LogP contribution < -0.4 is 0 Å². The van der Waals surface area contributed by atoms with Crippen LogP contribution in [0, 0.1) is 5.92 Å². The molecule has 1 aliphatic rings. The van der Waals surface area contributed by atoms with Gasteiger partial charge in [-0.2, -0.15) is 0 Å². The lowest BCUT2D eigenvalue weighted by Crippen LogP contribution is -2.57. The molecule has 1 aliphatic heterocycles. The topological polar surface area (TPSA) is 79.2 Å². The maximum absolute atomic E-state index is 9.65. The molecule has 1 heterocycles. The average Bonchev–Trinajstić information content (AvgIpc) is 2.28. The van der Waals surface area contributed by atoms with Crippen LogP contribution in [0.25, 0.3) is 0 Å². The maximum Gasteiger partial charge on any atom is 0.186 e. The van der Waals surface area contributed by atoms with Crippen LogP contribution in [-0.4, -0.2) is 52.6 Å². The van der Waals surface area contributed by atoms with E-state index in [0.29, 0.717) is 12.5 Å². The summed E-state index contributed by atoms with van der Waals surface area (Å²) in [6.07, 6.45) is -3.91. The van der Waals surface area contributed by atoms with E-state index in [9.17, 15) is 15.3 Å². The van der Waals surface area contributed by atoms with Crippen molar-refractivity contribution in [3.05, 3.63) is 0 Å². The lowest BCUT2D eigenvalue weighted by Gasteiger charge is -2.39. The molecule has 1 saturated heterocycles. The Kier molecular flexibility index (Phi) is 5.14. The highest BCUT2D eigenvalue weighted by atomic mass is 16.7. The fourth-order valence-corrected chi connectivity index (χ4v) is 1.53. The van der Waals surface area contributed by atoms with Crippen molar-refractivity contribution in [3.63, 3.8) is 0 Å². The number of aliphatic hydroxyl groups excluding tert-OH is 3. The number of rotatable bonds is 4. The molecule has 16 heavy (non-hydrogen) atoms. The lowest BCUT2D eigenvalue weighted by atomic mass is 10.00. The van der Waals surface area contributed by atoms with Crippen molar-refractivity contribution in [2.24, 2.45) is 5.92 Å². The Bertz CT molecular complexity index is 211. The Morgan fingerprint density at radius 1 is 1.19 bits per heavy atom. The van der Waals surface area contributed by atoms with E-state index in [4.69, 9.17) is 9.47 Å². The van der Waals surface area contributed by atoms with Crippen LogP contribution in [0.3, 0.4) is 0 Å². The highest BCUT2D eigenvalue weighted by Gasteiger charge is 2.42. The third-order valence-corrected chi connectivity index (χ3v) is 3.05. The van der Waals surface area contributed by atoms with Gasteiger partial charge in [-0.05, 0) is 12.8 Å². The molecule has 5 heteroatoms. The summed E-state index contributed by atoms with van der Waals surface area (Å²) in [5.74, 6) is 0.370. The fourth-order valence-electron chi connectivity index (χ4n) is 1.53. The fraction of sp³-hybridized carbons (Fsp3) is 1.00. The third kappa shape index (κ3) is 3.15. The van der Waals surface area contributed by atoms with Gasteiger partial charge in [-0.15, -0.1) is 0 Å². The predicted octanol–water partition coefficient (Wildman–Crippen LogP) is -0.123. The van der Waals surface area contributed by atoms with E-state index in [2.05, 4.69) is 0 Å². The second-order valence-electron chi connectivity index (χ2n) is 4.53. The average molecular weight is 234 g/mol. The first kappa shape index (κ1) is 13.9. The summed E-state index contributed by atoms with van der Waals surface area (Å²) in [7, 11) is 0. The first-order chi connectivity index (χ1) is 7.47. The smallest absolute Gasteiger partial charge is 0.186 e. The molecule has 0 saturated carbocycles. The van der Waals surface area contributed by atoms with Gasteiger partial charge in [0.25, 0.3) is 0 Å². The van der Waals surface area contributed by atoms with E-state index in [-0.39, 0.29) is 0 Å². The number of hydrogen-bond donors (Lipinski definition) is 3. The van der Waals surface area contributed by atoms with Crippen LogP contribution in [0.4, 0.5) is 0 Å². The Morgan fingerprint density at radius 3 is 2.38 bits per heavy atom. The molecular weight excluding hydrogens is 212 g/mol. The molecule has 0 spiro atoms. The molecule has 5 nitrogen and oxygen atoms in total. The van der Waals surface area contributed by atoms with Crippen LogP contribution in [0.2, 0.25) is 0 Å². The minimum Gasteiger partial charge on any atom is -0.388 e. The van der Waals surface area contributed by atoms with E-state index in [0.717, 1.165) is 6.42 Å². The molecule has 6 atom stereocenters. The van der Waals surface area contributed by atoms with Crippen molar-refractivity contribution in [2.75, 3.05) is 6.61 Å². The second kappa shape index (κ2) is 5.93. The van der Waals surface area contributed by atoms with Gasteiger partial charge in [0.15, 0.2) is 6.29 Å². The van der Waals surface area contributed by atoms with Gasteiger partial charge in [-0.3, -0.25) is 0 Å². The first-order valence-electron chi connectivity index (χ1n) is 5.78. The van der Waals surface area contributed by atoms with Crippen molar-refractivity contribution in [3.8, 4) is 0 Å². The van der Waals surface area contributed by atoms with E-state index < -0.39 is 30.7 Å². The van der Waals surface area contributed by atoms with Gasteiger partial charge in [0.2, 0.25) is 0 Å². The standard InChI is InChI=1S/C11H22O5/c1-4-6(2)5-15-11-10(14)9(13)8(12)7(3)16-11/h6-14H,4-5H2,1-3H3. The van der Waals surface area contributed by atoms with Gasteiger partial charge in [0.1, 0.15) is 18.3 Å². The van der Waals surface area contributed by atoms with Gasteiger partial charge < -0.3 is 24.8 Å². The molecule has 0 aromatic rings. The van der Waals surface area contributed by atoms with Crippen LogP contribution >= 0.6 is 0 Å². The van der Waals surface area contributed by atoms with E-state index in [1.807, 2.05) is 13.8 Å². The summed E-state index contributed by atoms with van der Waals surface area (Å²) >= 11 is 0. The largest absolute Gasteiger partial charge is 0.388 e. The number of ether oxygens (including phenoxy) is 2. The van der Waals surface area contributed by atoms with Gasteiger partial charge in [0, 0.05) is 0 Å². The van der Waals surface area contributed by atoms with Crippen LogP contribution in [-0.2, 0) is 9.47 Å². The molecule has 0 aromatic heterocycles. The second-order valence-corrected chi connectivity index (χ2v) is 4.53. The molecule has 1 fully saturated rings. The Labute approximate surface area is 96.0 Å². The van der Waals surface area contributed by atoms with Gasteiger partial charge in [-0.1, -0.05) is 20.3 Å². The summed E-state index contributed by atoms with van der Waals surface area (Å²) in [5.41, 5.74) is 0. The van der Waals surface area contributed by atoms with Crippen LogP contribution in [0.1, 0.15) is 27.2 Å². The Balaban J connectivity index is 2.47. The van der Waals surface area contributed by atoms with E-state index in [1.165, 1.54) is 0 Å². The van der Waals surface area contributed by atoms with Gasteiger partial charge >= 0.3 is 0 Å². The summed E-state index contributed by atoms with van der Waals surface area (Å²) in [4.78, 5) is 0. The zero-order valence-electron chi connectivity index (χ0n) is 10.0. The summed E-state index contributed by atoms with van der Waals surface area (Å²) < 4.78 is 10.7. The zero-order chi connectivity index (χ0) is 12.3. The number of aliphatic hydroxyl groups is 3. The van der Waals surface area contributed by atoms with Crippen LogP contribution in [0.15, 0.2) is 0 Å². The lowest BCUT2D eigenvalue weighted by molar-refractivity contribution is -0.295. The van der Waals surface area contributed by atoms with Crippen LogP contribution in [0.5, 0.6) is 0 Å². The molecular formula is C11H22O5. The molecule has 3 N–H and O–H groups in total. The molecule has 1 rings (SSSR count). The summed E-state index contributed by atoms with van der Waals surface area (Å²) in [6.45, 7) is 6.18. The molecule has 0 aromatic carbocycles. The SMILES string of the molecule is CCC(C)COC1OC(C)C(O)C(O)C1O. The minimum atomic E-state index is -1.22. The van der Waals surface area contributed by atoms with Crippen molar-refractivity contribution in [2.45, 2.75) is 57.9 Å². The summed E-state index contributed by atoms with van der Waals surface area (Å²) in [6, 6.07) is 0.